The molecule has 0 aliphatic rings. The summed E-state index contributed by atoms with van der Waals surface area (Å²) in [4.78, 5) is 15.9. The van der Waals surface area contributed by atoms with Crippen molar-refractivity contribution in [2.75, 3.05) is 12.3 Å². The third kappa shape index (κ3) is 3.02. The second-order valence-corrected chi connectivity index (χ2v) is 4.64. The van der Waals surface area contributed by atoms with E-state index in [4.69, 9.17) is 10.5 Å². The van der Waals surface area contributed by atoms with Gasteiger partial charge in [-0.15, -0.1) is 10.2 Å². The second-order valence-electron chi connectivity index (χ2n) is 3.66. The molecule has 7 nitrogen and oxygen atoms in total. The Bertz CT molecular complexity index is 599. The Labute approximate surface area is 114 Å². The molecule has 100 valence electrons. The summed E-state index contributed by atoms with van der Waals surface area (Å²) < 4.78 is 6.69. The lowest BCUT2D eigenvalue weighted by atomic mass is 10.2. The zero-order valence-electron chi connectivity index (χ0n) is 10.5. The Morgan fingerprint density at radius 2 is 2.37 bits per heavy atom. The summed E-state index contributed by atoms with van der Waals surface area (Å²) in [5.74, 6) is -0.456. The number of esters is 1. The molecule has 0 aromatic carbocycles. The van der Waals surface area contributed by atoms with Gasteiger partial charge in [0, 0.05) is 7.05 Å². The average Bonchev–Trinajstić information content (AvgIpc) is 2.78. The zero-order chi connectivity index (χ0) is 13.8. The highest BCUT2D eigenvalue weighted by molar-refractivity contribution is 7.99. The molecule has 0 saturated carbocycles. The summed E-state index contributed by atoms with van der Waals surface area (Å²) >= 11 is 1.29. The van der Waals surface area contributed by atoms with E-state index in [9.17, 15) is 4.79 Å². The number of aryl methyl sites for hydroxylation is 1. The van der Waals surface area contributed by atoms with Gasteiger partial charge in [0.25, 0.3) is 0 Å². The van der Waals surface area contributed by atoms with Gasteiger partial charge in [-0.05, 0) is 24.8 Å². The number of nitrogens with zero attached hydrogens (tertiary/aromatic N) is 4. The molecule has 0 bridgehead atoms. The zero-order valence-corrected chi connectivity index (χ0v) is 11.3. The van der Waals surface area contributed by atoms with E-state index >= 15 is 0 Å². The van der Waals surface area contributed by atoms with Gasteiger partial charge in [-0.2, -0.15) is 0 Å². The molecule has 2 aromatic heterocycles. The molecule has 0 fully saturated rings. The van der Waals surface area contributed by atoms with Gasteiger partial charge in [0.05, 0.1) is 24.1 Å². The van der Waals surface area contributed by atoms with Crippen molar-refractivity contribution in [1.82, 2.24) is 19.7 Å². The van der Waals surface area contributed by atoms with Crippen molar-refractivity contribution in [1.29, 1.82) is 0 Å². The van der Waals surface area contributed by atoms with Gasteiger partial charge < -0.3 is 15.0 Å². The van der Waals surface area contributed by atoms with Gasteiger partial charge in [0.15, 0.2) is 5.16 Å². The van der Waals surface area contributed by atoms with Gasteiger partial charge in [-0.3, -0.25) is 0 Å². The average molecular weight is 279 g/mol. The fourth-order valence-corrected chi connectivity index (χ4v) is 2.10. The van der Waals surface area contributed by atoms with Crippen molar-refractivity contribution in [2.45, 2.75) is 17.1 Å². The Morgan fingerprint density at radius 1 is 1.58 bits per heavy atom. The van der Waals surface area contributed by atoms with E-state index in [1.165, 1.54) is 18.0 Å². The number of anilines is 1. The number of hydrogen-bond acceptors (Lipinski definition) is 7. The molecule has 0 aliphatic carbocycles. The van der Waals surface area contributed by atoms with Gasteiger partial charge >= 0.3 is 5.97 Å². The summed E-state index contributed by atoms with van der Waals surface area (Å²) in [6, 6.07) is 1.59. The van der Waals surface area contributed by atoms with E-state index in [2.05, 4.69) is 15.2 Å². The molecule has 19 heavy (non-hydrogen) atoms. The van der Waals surface area contributed by atoms with E-state index in [0.717, 1.165) is 0 Å². The predicted molar refractivity (Wildman–Crippen MR) is 69.7 cm³/mol. The van der Waals surface area contributed by atoms with Crippen molar-refractivity contribution >= 4 is 23.4 Å². The van der Waals surface area contributed by atoms with E-state index in [-0.39, 0.29) is 0 Å². The molecule has 8 heteroatoms. The van der Waals surface area contributed by atoms with Gasteiger partial charge in [0.1, 0.15) is 11.4 Å². The molecule has 2 N–H and O–H groups in total. The lowest BCUT2D eigenvalue weighted by Gasteiger charge is -2.06. The summed E-state index contributed by atoms with van der Waals surface area (Å²) in [5.41, 5.74) is 6.32. The molecule has 0 atom stereocenters. The predicted octanol–water partition coefficient (Wildman–Crippen LogP) is 1.12. The number of pyridine rings is 1. The highest BCUT2D eigenvalue weighted by Crippen LogP contribution is 2.26. The van der Waals surface area contributed by atoms with Gasteiger partial charge in [-0.1, -0.05) is 0 Å². The normalized spacial score (nSPS) is 10.4. The van der Waals surface area contributed by atoms with Crippen LogP contribution in [0.3, 0.4) is 0 Å². The number of hydrogen-bond donors (Lipinski definition) is 1. The van der Waals surface area contributed by atoms with Crippen LogP contribution in [0.15, 0.2) is 28.8 Å². The minimum Gasteiger partial charge on any atom is -0.462 e. The Morgan fingerprint density at radius 3 is 3.00 bits per heavy atom. The minimum atomic E-state index is -0.456. The first-order chi connectivity index (χ1) is 9.11. The van der Waals surface area contributed by atoms with Crippen LogP contribution < -0.4 is 5.73 Å². The molecular formula is C11H13N5O2S. The molecule has 2 heterocycles. The van der Waals surface area contributed by atoms with Crippen molar-refractivity contribution in [3.63, 3.8) is 0 Å². The van der Waals surface area contributed by atoms with Crippen LogP contribution in [0.2, 0.25) is 0 Å². The summed E-state index contributed by atoms with van der Waals surface area (Å²) in [6.07, 6.45) is 3.02. The third-order valence-electron chi connectivity index (χ3n) is 2.27. The molecule has 0 spiro atoms. The highest BCUT2D eigenvalue weighted by Gasteiger charge is 2.14. The van der Waals surface area contributed by atoms with Crippen LogP contribution in [0.1, 0.15) is 17.3 Å². The topological polar surface area (TPSA) is 95.9 Å². The monoisotopic (exact) mass is 279 g/mol. The Hall–Kier alpha value is -2.09. The van der Waals surface area contributed by atoms with Crippen LogP contribution in [-0.4, -0.2) is 32.3 Å². The van der Waals surface area contributed by atoms with Crippen LogP contribution in [0.4, 0.5) is 5.69 Å². The quantitative estimate of drug-likeness (QED) is 0.838. The van der Waals surface area contributed by atoms with Crippen LogP contribution in [0.5, 0.6) is 0 Å². The Balaban J connectivity index is 2.26. The molecule has 0 aliphatic heterocycles. The number of rotatable bonds is 4. The van der Waals surface area contributed by atoms with Crippen LogP contribution in [-0.2, 0) is 11.8 Å². The minimum absolute atomic E-state index is 0.292. The fraction of sp³-hybridized carbons (Fsp3) is 0.273. The maximum atomic E-state index is 11.7. The largest absolute Gasteiger partial charge is 0.462 e. The van der Waals surface area contributed by atoms with Crippen molar-refractivity contribution in [3.8, 4) is 0 Å². The van der Waals surface area contributed by atoms with Crippen molar-refractivity contribution in [3.05, 3.63) is 24.2 Å². The molecule has 2 rings (SSSR count). The molecule has 0 radical (unpaired) electrons. The highest BCUT2D eigenvalue weighted by atomic mass is 32.2. The van der Waals surface area contributed by atoms with Gasteiger partial charge in [-0.25, -0.2) is 9.78 Å². The number of carbonyl (C=O) groups excluding carboxylic acids is 1. The number of nitrogens with two attached hydrogens (primary N) is 1. The first-order valence-corrected chi connectivity index (χ1v) is 6.38. The van der Waals surface area contributed by atoms with Crippen LogP contribution in [0.25, 0.3) is 0 Å². The summed E-state index contributed by atoms with van der Waals surface area (Å²) in [6.45, 7) is 2.04. The smallest absolute Gasteiger partial charge is 0.340 e. The molecule has 0 amide bonds. The number of ether oxygens (including phenoxy) is 1. The number of carbonyl (C=O) groups is 1. The van der Waals surface area contributed by atoms with E-state index < -0.39 is 5.97 Å². The SMILES string of the molecule is CCOC(=O)c1cc(Sc2nncn2C)ncc1N. The Kier molecular flexibility index (Phi) is 4.00. The second kappa shape index (κ2) is 5.70. The molecular weight excluding hydrogens is 266 g/mol. The van der Waals surface area contributed by atoms with Crippen LogP contribution in [0, 0.1) is 0 Å². The first kappa shape index (κ1) is 13.3. The molecule has 0 saturated heterocycles. The van der Waals surface area contributed by atoms with Crippen molar-refractivity contribution < 1.29 is 9.53 Å². The van der Waals surface area contributed by atoms with Gasteiger partial charge in [0.2, 0.25) is 0 Å². The molecule has 2 aromatic rings. The maximum absolute atomic E-state index is 11.7. The maximum Gasteiger partial charge on any atom is 0.340 e. The van der Waals surface area contributed by atoms with E-state index in [1.54, 1.807) is 23.9 Å². The number of nitrogen functional groups attached to an aromatic ring is 1. The summed E-state index contributed by atoms with van der Waals surface area (Å²) in [7, 11) is 1.83. The lowest BCUT2D eigenvalue weighted by Crippen LogP contribution is -2.08. The van der Waals surface area contributed by atoms with Crippen LogP contribution >= 0.6 is 11.8 Å². The standard InChI is InChI=1S/C11H13N5O2S/c1-3-18-10(17)7-4-9(13-5-8(7)12)19-11-15-14-6-16(11)2/h4-6H,3,12H2,1-2H3. The van der Waals surface area contributed by atoms with E-state index in [0.29, 0.717) is 28.0 Å². The number of aromatic nitrogens is 4. The molecule has 0 unspecified atom stereocenters. The first-order valence-electron chi connectivity index (χ1n) is 5.56. The van der Waals surface area contributed by atoms with Crippen molar-refractivity contribution in [2.24, 2.45) is 7.05 Å². The lowest BCUT2D eigenvalue weighted by molar-refractivity contribution is 0.0527. The third-order valence-corrected chi connectivity index (χ3v) is 3.26. The summed E-state index contributed by atoms with van der Waals surface area (Å²) in [5, 5.41) is 8.98. The fourth-order valence-electron chi connectivity index (χ4n) is 1.35. The van der Waals surface area contributed by atoms with E-state index in [1.807, 2.05) is 7.05 Å².